The normalized spacial score (nSPS) is 28.0. The van der Waals surface area contributed by atoms with Crippen LogP contribution in [0.5, 0.6) is 0 Å². The molecule has 4 aliphatic rings. The van der Waals surface area contributed by atoms with Gasteiger partial charge in [0.05, 0.1) is 35.3 Å². The number of halogens is 2. The van der Waals surface area contributed by atoms with E-state index in [-0.39, 0.29) is 12.1 Å². The Bertz CT molecular complexity index is 944. The van der Waals surface area contributed by atoms with Gasteiger partial charge in [0.25, 0.3) is 0 Å². The first-order valence-corrected chi connectivity index (χ1v) is 11.3. The van der Waals surface area contributed by atoms with Crippen LogP contribution < -0.4 is 0 Å². The molecule has 0 radical (unpaired) electrons. The van der Waals surface area contributed by atoms with Crippen LogP contribution in [0.3, 0.4) is 0 Å². The lowest BCUT2D eigenvalue weighted by molar-refractivity contribution is -0.181. The van der Waals surface area contributed by atoms with E-state index in [9.17, 15) is 4.79 Å². The smallest absolute Gasteiger partial charge is 0.314 e. The number of hydrogen-bond acceptors (Lipinski definition) is 6. The van der Waals surface area contributed by atoms with Crippen molar-refractivity contribution in [1.82, 2.24) is 10.1 Å². The van der Waals surface area contributed by atoms with Gasteiger partial charge in [-0.15, -0.1) is 0 Å². The van der Waals surface area contributed by atoms with E-state index in [0.717, 1.165) is 56.3 Å². The van der Waals surface area contributed by atoms with Crippen LogP contribution in [0.15, 0.2) is 16.9 Å². The van der Waals surface area contributed by atoms with E-state index < -0.39 is 5.41 Å². The summed E-state index contributed by atoms with van der Waals surface area (Å²) in [5, 5.41) is 5.14. The summed E-state index contributed by atoms with van der Waals surface area (Å²) < 4.78 is 17.3. The van der Waals surface area contributed by atoms with Crippen molar-refractivity contribution in [1.29, 1.82) is 0 Å². The summed E-state index contributed by atoms with van der Waals surface area (Å²) in [4.78, 5) is 16.7. The van der Waals surface area contributed by atoms with Crippen LogP contribution in [0.1, 0.15) is 62.2 Å². The van der Waals surface area contributed by atoms with Crippen molar-refractivity contribution in [3.05, 3.63) is 33.8 Å². The molecule has 1 unspecified atom stereocenters. The Morgan fingerprint density at radius 3 is 2.53 bits per heavy atom. The molecular formula is C22H24Cl2N2O4. The second-order valence-corrected chi connectivity index (χ2v) is 9.57. The van der Waals surface area contributed by atoms with Gasteiger partial charge in [0.1, 0.15) is 11.5 Å². The predicted octanol–water partition coefficient (Wildman–Crippen LogP) is 5.56. The summed E-state index contributed by atoms with van der Waals surface area (Å²) in [6, 6.07) is 0. The van der Waals surface area contributed by atoms with Crippen molar-refractivity contribution in [3.63, 3.8) is 0 Å². The lowest BCUT2D eigenvalue weighted by Gasteiger charge is -2.49. The number of nitrogens with zero attached hydrogens (tertiary/aromatic N) is 2. The molecule has 0 aromatic carbocycles. The van der Waals surface area contributed by atoms with Gasteiger partial charge in [-0.1, -0.05) is 28.4 Å². The van der Waals surface area contributed by atoms with Gasteiger partial charge in [-0.05, 0) is 50.9 Å². The van der Waals surface area contributed by atoms with Gasteiger partial charge in [-0.2, -0.15) is 0 Å². The summed E-state index contributed by atoms with van der Waals surface area (Å²) in [6.07, 6.45) is 9.70. The lowest BCUT2D eigenvalue weighted by atomic mass is 9.59. The first-order chi connectivity index (χ1) is 14.5. The number of carbonyl (C=O) groups excluding carboxylic acids is 1. The van der Waals surface area contributed by atoms with Crippen LogP contribution in [-0.2, 0) is 20.9 Å². The van der Waals surface area contributed by atoms with Gasteiger partial charge >= 0.3 is 5.97 Å². The number of pyridine rings is 1. The van der Waals surface area contributed by atoms with E-state index in [0.29, 0.717) is 39.7 Å². The molecule has 2 aromatic heterocycles. The molecule has 160 valence electrons. The molecule has 0 saturated heterocycles. The largest absolute Gasteiger partial charge is 0.469 e. The topological polar surface area (TPSA) is 74.5 Å². The number of fused-ring (bicyclic) bond motifs is 3. The highest BCUT2D eigenvalue weighted by Crippen LogP contribution is 2.53. The minimum absolute atomic E-state index is 0.154. The molecule has 6 rings (SSSR count). The first kappa shape index (κ1) is 20.3. The molecule has 4 fully saturated rings. The molecule has 0 amide bonds. The monoisotopic (exact) mass is 450 g/mol. The molecule has 6 nitrogen and oxygen atoms in total. The summed E-state index contributed by atoms with van der Waals surface area (Å²) >= 11 is 12.8. The second kappa shape index (κ2) is 7.81. The Balaban J connectivity index is 1.46. The zero-order valence-corrected chi connectivity index (χ0v) is 18.3. The molecule has 0 aliphatic heterocycles. The van der Waals surface area contributed by atoms with Crippen LogP contribution >= 0.6 is 23.2 Å². The number of rotatable bonds is 6. The predicted molar refractivity (Wildman–Crippen MR) is 111 cm³/mol. The molecule has 4 saturated carbocycles. The molecule has 0 N–H and O–H groups in total. The van der Waals surface area contributed by atoms with Crippen molar-refractivity contribution in [2.75, 3.05) is 7.11 Å². The van der Waals surface area contributed by atoms with Gasteiger partial charge in [-0.3, -0.25) is 9.78 Å². The minimum atomic E-state index is -0.549. The van der Waals surface area contributed by atoms with E-state index in [1.165, 1.54) is 7.11 Å². The van der Waals surface area contributed by atoms with Gasteiger partial charge in [0, 0.05) is 29.4 Å². The summed E-state index contributed by atoms with van der Waals surface area (Å²) in [5.41, 5.74) is 1.53. The van der Waals surface area contributed by atoms with E-state index in [1.807, 2.05) is 0 Å². The maximum atomic E-state index is 12.7. The summed E-state index contributed by atoms with van der Waals surface area (Å²) in [5.74, 6) is 1.64. The van der Waals surface area contributed by atoms with Gasteiger partial charge in [0.2, 0.25) is 0 Å². The fourth-order valence-electron chi connectivity index (χ4n) is 5.19. The highest BCUT2D eigenvalue weighted by Gasteiger charge is 2.54. The highest BCUT2D eigenvalue weighted by molar-refractivity contribution is 6.38. The average Bonchev–Trinajstić information content (AvgIpc) is 3.53. The van der Waals surface area contributed by atoms with Crippen molar-refractivity contribution in [2.45, 2.75) is 63.6 Å². The highest BCUT2D eigenvalue weighted by atomic mass is 35.5. The average molecular weight is 451 g/mol. The number of carbonyl (C=O) groups is 1. The third-order valence-corrected chi connectivity index (χ3v) is 7.61. The number of aromatic nitrogens is 2. The number of methoxy groups -OCH3 is 1. The Hall–Kier alpha value is -1.63. The fraction of sp³-hybridized carbons (Fsp3) is 0.591. The number of esters is 1. The lowest BCUT2D eigenvalue weighted by Crippen LogP contribution is -2.52. The van der Waals surface area contributed by atoms with Gasteiger partial charge in [-0.25, -0.2) is 0 Å². The molecule has 30 heavy (non-hydrogen) atoms. The van der Waals surface area contributed by atoms with Crippen molar-refractivity contribution < 1.29 is 18.8 Å². The molecular weight excluding hydrogens is 427 g/mol. The molecule has 0 spiro atoms. The standard InChI is InChI=1S/C22H24Cl2N2O4/c1-28-21(27)22-6-4-12(5-7-22)8-17(22)29-11-14-19(26-30-20(14)13-2-3-13)18-15(23)9-25-10-16(18)24/h9-10,12-13,17H,2-8,11H2,1H3. The molecule has 8 heteroatoms. The minimum Gasteiger partial charge on any atom is -0.469 e. The van der Waals surface area contributed by atoms with Crippen molar-refractivity contribution >= 4 is 29.2 Å². The van der Waals surface area contributed by atoms with Crippen LogP contribution in [0, 0.1) is 11.3 Å². The van der Waals surface area contributed by atoms with E-state index in [4.69, 9.17) is 37.2 Å². The Labute approximate surface area is 185 Å². The van der Waals surface area contributed by atoms with E-state index in [2.05, 4.69) is 10.1 Å². The first-order valence-electron chi connectivity index (χ1n) is 10.5. The molecule has 2 bridgehead atoms. The molecule has 2 aromatic rings. The third-order valence-electron chi connectivity index (χ3n) is 7.04. The molecule has 2 heterocycles. The summed E-state index contributed by atoms with van der Waals surface area (Å²) in [6.45, 7) is 0.301. The van der Waals surface area contributed by atoms with E-state index >= 15 is 0 Å². The van der Waals surface area contributed by atoms with Crippen LogP contribution in [0.25, 0.3) is 11.3 Å². The number of hydrogen-bond donors (Lipinski definition) is 0. The van der Waals surface area contributed by atoms with Gasteiger partial charge < -0.3 is 14.0 Å². The second-order valence-electron chi connectivity index (χ2n) is 8.75. The Kier molecular flexibility index (Phi) is 5.28. The SMILES string of the molecule is COC(=O)C12CCC(CC1)CC2OCc1c(-c2c(Cl)cncc2Cl)noc1C1CC1. The zero-order valence-electron chi connectivity index (χ0n) is 16.8. The summed E-state index contributed by atoms with van der Waals surface area (Å²) in [7, 11) is 1.46. The number of ether oxygens (including phenoxy) is 2. The molecule has 1 atom stereocenters. The van der Waals surface area contributed by atoms with Gasteiger partial charge in [0.15, 0.2) is 0 Å². The Morgan fingerprint density at radius 2 is 1.90 bits per heavy atom. The quantitative estimate of drug-likeness (QED) is 0.536. The fourth-order valence-corrected chi connectivity index (χ4v) is 5.73. The molecule has 4 aliphatic carbocycles. The maximum absolute atomic E-state index is 12.7. The van der Waals surface area contributed by atoms with Crippen LogP contribution in [-0.4, -0.2) is 29.3 Å². The van der Waals surface area contributed by atoms with Crippen molar-refractivity contribution in [3.8, 4) is 11.3 Å². The van der Waals surface area contributed by atoms with Crippen molar-refractivity contribution in [2.24, 2.45) is 11.3 Å². The van der Waals surface area contributed by atoms with Crippen LogP contribution in [0.4, 0.5) is 0 Å². The third kappa shape index (κ3) is 3.33. The maximum Gasteiger partial charge on any atom is 0.314 e. The zero-order chi connectivity index (χ0) is 20.9. The van der Waals surface area contributed by atoms with Crippen LogP contribution in [0.2, 0.25) is 10.0 Å². The van der Waals surface area contributed by atoms with E-state index in [1.54, 1.807) is 12.4 Å². The Morgan fingerprint density at radius 1 is 1.20 bits per heavy atom.